The number of hydrogen-bond acceptors (Lipinski definition) is 0. The molecule has 0 heterocycles. The first-order valence-electron chi connectivity index (χ1n) is 19.1. The molecule has 0 amide bonds. The van der Waals surface area contributed by atoms with E-state index >= 15 is 0 Å². The van der Waals surface area contributed by atoms with Gasteiger partial charge in [0.2, 0.25) is 0 Å². The topological polar surface area (TPSA) is 0 Å². The summed E-state index contributed by atoms with van der Waals surface area (Å²) in [5.74, 6) is 2.60. The molecule has 0 fully saturated rings. The number of halogens is 2. The zero-order chi connectivity index (χ0) is 38.2. The van der Waals surface area contributed by atoms with Crippen molar-refractivity contribution in [2.45, 2.75) is 106 Å². The van der Waals surface area contributed by atoms with E-state index in [-0.39, 0.29) is 0 Å². The van der Waals surface area contributed by atoms with Crippen LogP contribution in [0.3, 0.4) is 0 Å². The van der Waals surface area contributed by atoms with Crippen molar-refractivity contribution in [1.29, 1.82) is 0 Å². The van der Waals surface area contributed by atoms with E-state index < -0.39 is 20.8 Å². The molecule has 6 aromatic rings. The van der Waals surface area contributed by atoms with Crippen molar-refractivity contribution in [2.75, 3.05) is 0 Å². The summed E-state index contributed by atoms with van der Waals surface area (Å²) in [6.45, 7) is 22.6. The molecule has 52 heavy (non-hydrogen) atoms. The quantitative estimate of drug-likeness (QED) is 0.0953. The van der Waals surface area contributed by atoms with E-state index in [1.54, 1.807) is 0 Å². The number of benzene rings is 4. The minimum atomic E-state index is -0.826. The second kappa shape index (κ2) is 22.9. The number of fused-ring (bicyclic) bond motifs is 2. The summed E-state index contributed by atoms with van der Waals surface area (Å²) >= 11 is -0.826. The summed E-state index contributed by atoms with van der Waals surface area (Å²) in [5.41, 5.74) is 11.4. The van der Waals surface area contributed by atoms with Crippen LogP contribution in [0, 0.1) is 11.8 Å². The van der Waals surface area contributed by atoms with Crippen molar-refractivity contribution in [3.63, 3.8) is 0 Å². The average molecular weight is 827 g/mol. The summed E-state index contributed by atoms with van der Waals surface area (Å²) in [4.78, 5) is 0. The van der Waals surface area contributed by atoms with Crippen molar-refractivity contribution in [3.05, 3.63) is 131 Å². The first kappa shape index (κ1) is 44.2. The molecule has 0 aliphatic carbocycles. The van der Waals surface area contributed by atoms with Gasteiger partial charge in [0.15, 0.2) is 0 Å². The molecule has 2 unspecified atom stereocenters. The molecule has 4 heteroatoms. The summed E-state index contributed by atoms with van der Waals surface area (Å²) in [7, 11) is 11.0. The van der Waals surface area contributed by atoms with Crippen LogP contribution in [0.15, 0.2) is 109 Å². The van der Waals surface area contributed by atoms with Crippen LogP contribution in [0.25, 0.3) is 43.8 Å². The van der Waals surface area contributed by atoms with Crippen LogP contribution in [-0.2, 0) is 33.7 Å². The molecular formula is C48H60Cl2SiZr. The molecule has 0 aromatic heterocycles. The van der Waals surface area contributed by atoms with Crippen LogP contribution in [0.5, 0.6) is 0 Å². The second-order valence-corrected chi connectivity index (χ2v) is 19.6. The molecule has 0 saturated carbocycles. The van der Waals surface area contributed by atoms with Gasteiger partial charge in [-0.15, -0.1) is 69.1 Å². The van der Waals surface area contributed by atoms with Gasteiger partial charge in [-0.05, 0) is 58.8 Å². The standard InChI is InChI=1S/2C23H27.C2H6Si.2ClH.Zr/c2*1-5-17(4)20-14-19-10-8-12-22(23(19)15-20)21-11-7-6-9-18(21)13-16(2)3;1-3-2;;;/h2*6-12,14-17H,5,13H2,1-4H3;1-2H3;2*1H;/q2*-1;;;;+4/p-2. The Hall–Kier alpha value is -2.22. The van der Waals surface area contributed by atoms with Gasteiger partial charge in [-0.2, -0.15) is 12.1 Å². The molecular weight excluding hydrogens is 767 g/mol. The van der Waals surface area contributed by atoms with Crippen LogP contribution in [-0.4, -0.2) is 9.52 Å². The van der Waals surface area contributed by atoms with E-state index in [0.29, 0.717) is 23.7 Å². The fourth-order valence-electron chi connectivity index (χ4n) is 6.83. The Balaban J connectivity index is 0.000000244. The normalized spacial score (nSPS) is 12.0. The van der Waals surface area contributed by atoms with E-state index in [0.717, 1.165) is 22.4 Å². The van der Waals surface area contributed by atoms with E-state index in [1.165, 1.54) is 78.9 Å². The van der Waals surface area contributed by atoms with Gasteiger partial charge in [0, 0.05) is 9.52 Å². The second-order valence-electron chi connectivity index (χ2n) is 14.9. The van der Waals surface area contributed by atoms with Gasteiger partial charge in [-0.25, -0.2) is 0 Å². The van der Waals surface area contributed by atoms with Crippen LogP contribution in [0.4, 0.5) is 0 Å². The molecule has 6 aromatic carbocycles. The molecule has 0 aliphatic heterocycles. The predicted molar refractivity (Wildman–Crippen MR) is 234 cm³/mol. The van der Waals surface area contributed by atoms with Crippen molar-refractivity contribution in [1.82, 2.24) is 0 Å². The third-order valence-corrected chi connectivity index (χ3v) is 9.78. The van der Waals surface area contributed by atoms with Crippen molar-refractivity contribution in [2.24, 2.45) is 11.8 Å². The van der Waals surface area contributed by atoms with Gasteiger partial charge in [-0.1, -0.05) is 153 Å². The Morgan fingerprint density at radius 3 is 1.19 bits per heavy atom. The van der Waals surface area contributed by atoms with Gasteiger partial charge in [0.1, 0.15) is 0 Å². The molecule has 0 bridgehead atoms. The van der Waals surface area contributed by atoms with E-state index in [9.17, 15) is 0 Å². The third kappa shape index (κ3) is 12.4. The van der Waals surface area contributed by atoms with Gasteiger partial charge in [-0.3, -0.25) is 0 Å². The van der Waals surface area contributed by atoms with E-state index in [1.807, 2.05) is 0 Å². The molecule has 2 radical (unpaired) electrons. The number of hydrogen-bond donors (Lipinski definition) is 0. The Kier molecular flexibility index (Phi) is 19.4. The van der Waals surface area contributed by atoms with Crippen molar-refractivity contribution < 1.29 is 20.8 Å². The molecule has 0 saturated heterocycles. The van der Waals surface area contributed by atoms with Gasteiger partial charge in [0.25, 0.3) is 0 Å². The first-order chi connectivity index (χ1) is 25.0. The van der Waals surface area contributed by atoms with Gasteiger partial charge < -0.3 is 0 Å². The van der Waals surface area contributed by atoms with Crippen LogP contribution >= 0.6 is 17.0 Å². The minimum absolute atomic E-state index is 0.626. The van der Waals surface area contributed by atoms with Gasteiger partial charge in [0.05, 0.1) is 0 Å². The molecule has 0 N–H and O–H groups in total. The fourth-order valence-corrected chi connectivity index (χ4v) is 6.83. The predicted octanol–water partition coefficient (Wildman–Crippen LogP) is 16.0. The third-order valence-electron chi connectivity index (χ3n) is 9.78. The van der Waals surface area contributed by atoms with Crippen molar-refractivity contribution in [3.8, 4) is 22.3 Å². The Bertz CT molecular complexity index is 1770. The maximum atomic E-state index is 4.93. The maximum absolute atomic E-state index is 4.93. The first-order valence-corrected chi connectivity index (χ1v) is 27.5. The Morgan fingerprint density at radius 1 is 0.538 bits per heavy atom. The Morgan fingerprint density at radius 2 is 0.865 bits per heavy atom. The molecule has 2 atom stereocenters. The molecule has 0 nitrogen and oxygen atoms in total. The molecule has 274 valence electrons. The zero-order valence-electron chi connectivity index (χ0n) is 33.3. The summed E-state index contributed by atoms with van der Waals surface area (Å²) in [6.07, 6.45) is 4.64. The summed E-state index contributed by atoms with van der Waals surface area (Å²) in [6, 6.07) is 40.8. The van der Waals surface area contributed by atoms with Crippen LogP contribution < -0.4 is 0 Å². The summed E-state index contributed by atoms with van der Waals surface area (Å²) in [5, 5.41) is 5.55. The zero-order valence-corrected chi connectivity index (χ0v) is 38.3. The molecule has 0 spiro atoms. The molecule has 0 aliphatic rings. The van der Waals surface area contributed by atoms with Crippen molar-refractivity contribution >= 4 is 48.1 Å². The fraction of sp³-hybridized carbons (Fsp3) is 0.375. The van der Waals surface area contributed by atoms with Gasteiger partial charge >= 0.3 is 37.9 Å². The average Bonchev–Trinajstić information content (AvgIpc) is 3.77. The van der Waals surface area contributed by atoms with E-state index in [2.05, 4.69) is 178 Å². The van der Waals surface area contributed by atoms with Crippen LogP contribution in [0.1, 0.15) is 102 Å². The number of rotatable bonds is 10. The van der Waals surface area contributed by atoms with E-state index in [4.69, 9.17) is 17.0 Å². The SMILES string of the molecule is CCC(C)c1cc2c(-c3ccccc3CC(C)C)cccc2[cH-]1.CCC(C)c1cc2c(-c3ccccc3CC(C)C)cccc2[cH-]1.C[Si]C.[Cl][Zr+2][Cl]. The summed E-state index contributed by atoms with van der Waals surface area (Å²) < 4.78 is 0. The molecule has 6 rings (SSSR count). The Labute approximate surface area is 338 Å². The monoisotopic (exact) mass is 824 g/mol. The van der Waals surface area contributed by atoms with Crippen LogP contribution in [0.2, 0.25) is 13.1 Å².